The quantitative estimate of drug-likeness (QED) is 0.301. The number of aliphatic imine (C=N–C) groups is 1. The third-order valence-corrected chi connectivity index (χ3v) is 7.10. The van der Waals surface area contributed by atoms with Crippen LogP contribution in [0.25, 0.3) is 0 Å². The van der Waals surface area contributed by atoms with Crippen molar-refractivity contribution in [3.8, 4) is 5.75 Å². The summed E-state index contributed by atoms with van der Waals surface area (Å²) in [6.45, 7) is 2.00. The molecule has 0 aliphatic carbocycles. The number of halogens is 6. The van der Waals surface area contributed by atoms with Gasteiger partial charge in [0.2, 0.25) is 0 Å². The van der Waals surface area contributed by atoms with Crippen LogP contribution in [0, 0.1) is 5.82 Å². The minimum atomic E-state index is -4.95. The summed E-state index contributed by atoms with van der Waals surface area (Å²) in [5.41, 5.74) is -2.28. The van der Waals surface area contributed by atoms with Crippen molar-refractivity contribution in [2.24, 2.45) is 4.99 Å². The number of ether oxygens (including phenoxy) is 1. The first-order valence-corrected chi connectivity index (χ1v) is 13.2. The van der Waals surface area contributed by atoms with Gasteiger partial charge in [-0.15, -0.1) is 0 Å². The molecule has 12 heteroatoms. The molecule has 190 valence electrons. The molecule has 1 aliphatic rings. The third-order valence-electron chi connectivity index (χ3n) is 5.34. The van der Waals surface area contributed by atoms with E-state index in [0.717, 1.165) is 25.2 Å². The van der Waals surface area contributed by atoms with Crippen LogP contribution in [-0.2, 0) is 21.6 Å². The van der Waals surface area contributed by atoms with Crippen molar-refractivity contribution in [2.45, 2.75) is 44.3 Å². The fourth-order valence-electron chi connectivity index (χ4n) is 3.57. The van der Waals surface area contributed by atoms with Crippen LogP contribution in [0.15, 0.2) is 52.5 Å². The Morgan fingerprint density at radius 3 is 2.40 bits per heavy atom. The Morgan fingerprint density at radius 1 is 1.09 bits per heavy atom. The average molecular weight is 553 g/mol. The molecule has 35 heavy (non-hydrogen) atoms. The van der Waals surface area contributed by atoms with Crippen LogP contribution in [-0.4, -0.2) is 20.7 Å². The Kier molecular flexibility index (Phi) is 8.08. The molecule has 2 aromatic carbocycles. The van der Waals surface area contributed by atoms with Crippen molar-refractivity contribution in [3.63, 3.8) is 0 Å². The van der Waals surface area contributed by atoms with Gasteiger partial charge in [-0.1, -0.05) is 55.5 Å². The maximum Gasteiger partial charge on any atom is 0.419 e. The van der Waals surface area contributed by atoms with Crippen molar-refractivity contribution in [2.75, 3.05) is 6.26 Å². The zero-order valence-corrected chi connectivity index (χ0v) is 21.0. The van der Waals surface area contributed by atoms with Gasteiger partial charge in [-0.2, -0.15) is 13.2 Å². The minimum Gasteiger partial charge on any atom is -0.426 e. The molecule has 2 aromatic rings. The number of amidine groups is 1. The lowest BCUT2D eigenvalue weighted by Crippen LogP contribution is -2.40. The first-order chi connectivity index (χ1) is 16.2. The molecule has 3 rings (SSSR count). The summed E-state index contributed by atoms with van der Waals surface area (Å²) in [6.07, 6.45) is 0.140. The monoisotopic (exact) mass is 552 g/mol. The van der Waals surface area contributed by atoms with E-state index in [4.69, 9.17) is 27.9 Å². The van der Waals surface area contributed by atoms with Gasteiger partial charge < -0.3 is 10.1 Å². The number of hydrogen-bond donors (Lipinski definition) is 1. The number of alkyl halides is 3. The summed E-state index contributed by atoms with van der Waals surface area (Å²) >= 11 is 12.3. The lowest BCUT2D eigenvalue weighted by atomic mass is 9.84. The second-order valence-electron chi connectivity index (χ2n) is 8.07. The molecule has 0 bridgehead atoms. The van der Waals surface area contributed by atoms with Gasteiger partial charge in [0.25, 0.3) is 6.02 Å². The van der Waals surface area contributed by atoms with Gasteiger partial charge in [0.05, 0.1) is 15.6 Å². The SMILES string of the molecule is CCCCCC1(c2ccc(Cl)c(Cl)c2)C=C(S(C)(=O)=O)NC(Oc2ccc(F)c(C(F)(F)F)c2)=N1. The van der Waals surface area contributed by atoms with Gasteiger partial charge in [0.15, 0.2) is 9.84 Å². The number of nitrogens with zero attached hydrogens (tertiary/aromatic N) is 1. The van der Waals surface area contributed by atoms with Crippen LogP contribution in [0.2, 0.25) is 10.0 Å². The molecule has 0 saturated heterocycles. The number of rotatable bonds is 7. The van der Waals surface area contributed by atoms with E-state index >= 15 is 0 Å². The van der Waals surface area contributed by atoms with E-state index in [2.05, 4.69) is 10.3 Å². The molecule has 5 nitrogen and oxygen atoms in total. The number of hydrogen-bond acceptors (Lipinski definition) is 5. The summed E-state index contributed by atoms with van der Waals surface area (Å²) in [4.78, 5) is 4.57. The van der Waals surface area contributed by atoms with Gasteiger partial charge in [-0.3, -0.25) is 0 Å². The summed E-state index contributed by atoms with van der Waals surface area (Å²) in [6, 6.07) is 6.46. The van der Waals surface area contributed by atoms with Gasteiger partial charge in [-0.05, 0) is 48.4 Å². The summed E-state index contributed by atoms with van der Waals surface area (Å²) in [5, 5.41) is 2.78. The molecule has 0 spiro atoms. The Hall–Kier alpha value is -2.30. The average Bonchev–Trinajstić information content (AvgIpc) is 2.75. The highest BCUT2D eigenvalue weighted by Gasteiger charge is 2.38. The van der Waals surface area contributed by atoms with E-state index in [1.807, 2.05) is 6.92 Å². The molecular formula is C23H22Cl2F4N2O3S. The number of unbranched alkanes of at least 4 members (excludes halogenated alkanes) is 2. The summed E-state index contributed by atoms with van der Waals surface area (Å²) < 4.78 is 83.7. The zero-order chi connectivity index (χ0) is 26.0. The lowest BCUT2D eigenvalue weighted by Gasteiger charge is -2.33. The Morgan fingerprint density at radius 2 is 1.80 bits per heavy atom. The molecule has 1 heterocycles. The van der Waals surface area contributed by atoms with Crippen LogP contribution in [0.4, 0.5) is 17.6 Å². The third kappa shape index (κ3) is 6.48. The highest BCUT2D eigenvalue weighted by molar-refractivity contribution is 7.94. The van der Waals surface area contributed by atoms with E-state index in [1.165, 1.54) is 6.08 Å². The van der Waals surface area contributed by atoms with Crippen molar-refractivity contribution in [3.05, 3.63) is 74.5 Å². The molecule has 0 amide bonds. The van der Waals surface area contributed by atoms with E-state index < -0.39 is 32.9 Å². The fourth-order valence-corrected chi connectivity index (χ4v) is 4.55. The van der Waals surface area contributed by atoms with Crippen molar-refractivity contribution in [1.82, 2.24) is 5.32 Å². The Balaban J connectivity index is 2.15. The fraction of sp³-hybridized carbons (Fsp3) is 0.348. The molecule has 0 saturated carbocycles. The standard InChI is InChI=1S/C23H22Cl2F4N2O3S/c1-3-4-5-10-22(14-6-8-17(24)18(25)11-14)13-20(35(2,32)33)30-21(31-22)34-15-7-9-19(26)16(12-15)23(27,28)29/h6-9,11-13H,3-5,10H2,1-2H3,(H,30,31). The molecule has 1 unspecified atom stereocenters. The van der Waals surface area contributed by atoms with Gasteiger partial charge in [0, 0.05) is 6.26 Å². The maximum absolute atomic E-state index is 13.7. The number of sulfone groups is 1. The summed E-state index contributed by atoms with van der Waals surface area (Å²) in [5.74, 6) is -1.85. The normalized spacial score (nSPS) is 18.5. The molecular weight excluding hydrogens is 531 g/mol. The molecule has 1 aliphatic heterocycles. The predicted octanol–water partition coefficient (Wildman–Crippen LogP) is 6.85. The second-order valence-corrected chi connectivity index (χ2v) is 10.9. The molecule has 0 radical (unpaired) electrons. The number of nitrogens with one attached hydrogen (secondary N) is 1. The van der Waals surface area contributed by atoms with E-state index in [0.29, 0.717) is 30.5 Å². The van der Waals surface area contributed by atoms with Crippen LogP contribution in [0.1, 0.15) is 43.7 Å². The first-order valence-electron chi connectivity index (χ1n) is 10.5. The summed E-state index contributed by atoms with van der Waals surface area (Å²) in [7, 11) is -3.83. The Labute approximate surface area is 210 Å². The lowest BCUT2D eigenvalue weighted by molar-refractivity contribution is -0.140. The largest absolute Gasteiger partial charge is 0.426 e. The van der Waals surface area contributed by atoms with E-state index in [9.17, 15) is 26.0 Å². The second kappa shape index (κ2) is 10.4. The topological polar surface area (TPSA) is 67.8 Å². The highest BCUT2D eigenvalue weighted by Crippen LogP contribution is 2.40. The molecule has 1 N–H and O–H groups in total. The van der Waals surface area contributed by atoms with Crippen molar-refractivity contribution in [1.29, 1.82) is 0 Å². The maximum atomic E-state index is 13.7. The van der Waals surface area contributed by atoms with E-state index in [1.54, 1.807) is 18.2 Å². The van der Waals surface area contributed by atoms with Gasteiger partial charge in [0.1, 0.15) is 22.1 Å². The van der Waals surface area contributed by atoms with Crippen LogP contribution in [0.3, 0.4) is 0 Å². The van der Waals surface area contributed by atoms with Gasteiger partial charge in [-0.25, -0.2) is 17.8 Å². The zero-order valence-electron chi connectivity index (χ0n) is 18.7. The molecule has 0 fully saturated rings. The highest BCUT2D eigenvalue weighted by atomic mass is 35.5. The van der Waals surface area contributed by atoms with Crippen LogP contribution >= 0.6 is 23.2 Å². The van der Waals surface area contributed by atoms with Crippen molar-refractivity contribution >= 4 is 39.1 Å². The predicted molar refractivity (Wildman–Crippen MR) is 128 cm³/mol. The smallest absolute Gasteiger partial charge is 0.419 e. The van der Waals surface area contributed by atoms with Crippen LogP contribution in [0.5, 0.6) is 5.75 Å². The van der Waals surface area contributed by atoms with Crippen molar-refractivity contribution < 1.29 is 30.7 Å². The van der Waals surface area contributed by atoms with Crippen LogP contribution < -0.4 is 10.1 Å². The first kappa shape index (κ1) is 27.3. The molecule has 1 atom stereocenters. The Bertz CT molecular complexity index is 1280. The number of benzene rings is 2. The van der Waals surface area contributed by atoms with E-state index in [-0.39, 0.29) is 26.8 Å². The minimum absolute atomic E-state index is 0.220. The van der Waals surface area contributed by atoms with Gasteiger partial charge >= 0.3 is 6.18 Å². The molecule has 0 aromatic heterocycles.